The topological polar surface area (TPSA) is 81.4 Å². The number of benzene rings is 2. The van der Waals surface area contributed by atoms with Crippen molar-refractivity contribution in [2.75, 3.05) is 5.32 Å². The van der Waals surface area contributed by atoms with Gasteiger partial charge in [-0.15, -0.1) is 15.3 Å². The van der Waals surface area contributed by atoms with Gasteiger partial charge in [0.2, 0.25) is 5.13 Å². The molecule has 2 aromatic carbocycles. The van der Waals surface area contributed by atoms with E-state index < -0.39 is 0 Å². The summed E-state index contributed by atoms with van der Waals surface area (Å²) < 4.78 is 3.59. The third-order valence-corrected chi connectivity index (χ3v) is 5.80. The highest BCUT2D eigenvalue weighted by Crippen LogP contribution is 2.30. The van der Waals surface area contributed by atoms with Crippen LogP contribution in [0.25, 0.3) is 5.69 Å². The lowest BCUT2D eigenvalue weighted by atomic mass is 10.3. The Morgan fingerprint density at radius 2 is 1.92 bits per heavy atom. The van der Waals surface area contributed by atoms with Gasteiger partial charge in [-0.1, -0.05) is 63.3 Å². The van der Waals surface area contributed by atoms with Gasteiger partial charge >= 0.3 is 0 Å². The van der Waals surface area contributed by atoms with Gasteiger partial charge < -0.3 is 5.32 Å². The molecule has 4 aromatic rings. The first-order valence-corrected chi connectivity index (χ1v) is 10.2. The summed E-state index contributed by atoms with van der Waals surface area (Å²) >= 11 is 6.50. The number of aromatic nitrogens is 6. The van der Waals surface area contributed by atoms with Crippen LogP contribution in [0.2, 0.25) is 0 Å². The molecule has 0 aliphatic heterocycles. The second kappa shape index (κ2) is 7.94. The summed E-state index contributed by atoms with van der Waals surface area (Å²) in [6.45, 7) is 0. The molecule has 2 aromatic heterocycles. The van der Waals surface area contributed by atoms with Gasteiger partial charge in [0.15, 0.2) is 10.2 Å². The van der Waals surface area contributed by atoms with Crippen molar-refractivity contribution in [2.24, 2.45) is 0 Å². The van der Waals surface area contributed by atoms with Gasteiger partial charge in [0, 0.05) is 10.2 Å². The average Bonchev–Trinajstić information content (AvgIpc) is 3.30. The van der Waals surface area contributed by atoms with Crippen molar-refractivity contribution in [3.05, 3.63) is 64.9 Å². The first-order chi connectivity index (χ1) is 12.8. The molecule has 0 atom stereocenters. The Bertz CT molecular complexity index is 1000. The number of thioether (sulfide) groups is 1. The van der Waals surface area contributed by atoms with E-state index in [-0.39, 0.29) is 0 Å². The zero-order valence-electron chi connectivity index (χ0n) is 13.3. The van der Waals surface area contributed by atoms with Crippen molar-refractivity contribution in [3.63, 3.8) is 0 Å². The second-order valence-electron chi connectivity index (χ2n) is 5.14. The quantitative estimate of drug-likeness (QED) is 0.442. The van der Waals surface area contributed by atoms with Crippen LogP contribution in [0.4, 0.5) is 10.8 Å². The molecule has 0 spiro atoms. The minimum atomic E-state index is 0.605. The fraction of sp³-hybridized carbons (Fsp3) is 0.0625. The van der Waals surface area contributed by atoms with Crippen LogP contribution in [0, 0.1) is 0 Å². The van der Waals surface area contributed by atoms with E-state index in [0.29, 0.717) is 5.75 Å². The van der Waals surface area contributed by atoms with Gasteiger partial charge in [0.1, 0.15) is 0 Å². The van der Waals surface area contributed by atoms with Crippen molar-refractivity contribution < 1.29 is 0 Å². The molecule has 0 saturated carbocycles. The number of tetrazole rings is 1. The first kappa shape index (κ1) is 17.1. The van der Waals surface area contributed by atoms with Crippen LogP contribution in [-0.2, 0) is 5.75 Å². The monoisotopic (exact) mass is 445 g/mol. The third-order valence-electron chi connectivity index (χ3n) is 3.34. The molecule has 7 nitrogen and oxygen atoms in total. The molecule has 1 N–H and O–H groups in total. The summed E-state index contributed by atoms with van der Waals surface area (Å²) in [4.78, 5) is 0. The lowest BCUT2D eigenvalue weighted by Crippen LogP contribution is -2.01. The minimum Gasteiger partial charge on any atom is -0.330 e. The number of anilines is 2. The molecule has 4 rings (SSSR count). The number of hydrogen-bond acceptors (Lipinski definition) is 8. The summed E-state index contributed by atoms with van der Waals surface area (Å²) in [5.41, 5.74) is 1.89. The summed E-state index contributed by atoms with van der Waals surface area (Å²) in [5.74, 6) is 1.37. The van der Waals surface area contributed by atoms with E-state index in [1.165, 1.54) is 11.3 Å². The van der Waals surface area contributed by atoms with Crippen molar-refractivity contribution in [3.8, 4) is 5.69 Å². The van der Waals surface area contributed by atoms with Gasteiger partial charge in [-0.3, -0.25) is 0 Å². The standard InChI is InChI=1S/C16H12BrN7S2/c17-11-5-4-6-12(9-11)18-15-20-21-16(26-15)25-10-14-19-22-23-24(14)13-7-2-1-3-8-13/h1-9H,10H2,(H,18,20). The molecule has 0 aliphatic rings. The Kier molecular flexibility index (Phi) is 5.23. The van der Waals surface area contributed by atoms with Crippen LogP contribution in [-0.4, -0.2) is 30.4 Å². The highest BCUT2D eigenvalue weighted by molar-refractivity contribution is 9.10. The van der Waals surface area contributed by atoms with E-state index in [1.54, 1.807) is 16.4 Å². The molecule has 2 heterocycles. The molecule has 0 unspecified atom stereocenters. The molecule has 0 aliphatic carbocycles. The Labute approximate surface area is 166 Å². The maximum Gasteiger partial charge on any atom is 0.210 e. The summed E-state index contributed by atoms with van der Waals surface area (Å²) in [6.07, 6.45) is 0. The first-order valence-electron chi connectivity index (χ1n) is 7.59. The number of rotatable bonds is 6. The predicted octanol–water partition coefficient (Wildman–Crippen LogP) is 4.31. The second-order valence-corrected chi connectivity index (χ2v) is 8.26. The fourth-order valence-corrected chi connectivity index (χ4v) is 4.28. The van der Waals surface area contributed by atoms with E-state index in [9.17, 15) is 0 Å². The Morgan fingerprint density at radius 3 is 2.77 bits per heavy atom. The maximum absolute atomic E-state index is 4.22. The van der Waals surface area contributed by atoms with Gasteiger partial charge in [0.25, 0.3) is 0 Å². The van der Waals surface area contributed by atoms with Crippen molar-refractivity contribution in [1.29, 1.82) is 0 Å². The van der Waals surface area contributed by atoms with Gasteiger partial charge in [-0.05, 0) is 40.8 Å². The van der Waals surface area contributed by atoms with Crippen LogP contribution >= 0.6 is 39.0 Å². The number of halogens is 1. The van der Waals surface area contributed by atoms with E-state index in [2.05, 4.69) is 47.0 Å². The molecule has 26 heavy (non-hydrogen) atoms. The van der Waals surface area contributed by atoms with Gasteiger partial charge in [-0.25, -0.2) is 0 Å². The SMILES string of the molecule is Brc1cccc(Nc2nnc(SCc3nnnn3-c3ccccc3)s2)c1. The van der Waals surface area contributed by atoms with E-state index in [0.717, 1.165) is 31.1 Å². The lowest BCUT2D eigenvalue weighted by molar-refractivity contribution is 0.777. The van der Waals surface area contributed by atoms with Crippen LogP contribution in [0.5, 0.6) is 0 Å². The summed E-state index contributed by atoms with van der Waals surface area (Å²) in [5, 5.41) is 24.3. The van der Waals surface area contributed by atoms with E-state index in [1.807, 2.05) is 54.6 Å². The highest BCUT2D eigenvalue weighted by atomic mass is 79.9. The summed E-state index contributed by atoms with van der Waals surface area (Å²) in [6, 6.07) is 17.7. The predicted molar refractivity (Wildman–Crippen MR) is 106 cm³/mol. The molecule has 130 valence electrons. The Balaban J connectivity index is 1.42. The van der Waals surface area contributed by atoms with Crippen molar-refractivity contribution in [2.45, 2.75) is 10.1 Å². The molecule has 0 amide bonds. The Morgan fingerprint density at radius 1 is 1.04 bits per heavy atom. The van der Waals surface area contributed by atoms with Crippen LogP contribution in [0.3, 0.4) is 0 Å². The highest BCUT2D eigenvalue weighted by Gasteiger charge is 2.11. The molecule has 10 heteroatoms. The minimum absolute atomic E-state index is 0.605. The number of hydrogen-bond donors (Lipinski definition) is 1. The number of nitrogens with zero attached hydrogens (tertiary/aromatic N) is 6. The molecular formula is C16H12BrN7S2. The zero-order chi connectivity index (χ0) is 17.8. The molecule has 0 fully saturated rings. The van der Waals surface area contributed by atoms with Crippen molar-refractivity contribution in [1.82, 2.24) is 30.4 Å². The van der Waals surface area contributed by atoms with Gasteiger partial charge in [0.05, 0.1) is 11.4 Å². The normalized spacial score (nSPS) is 10.8. The lowest BCUT2D eigenvalue weighted by Gasteiger charge is -2.02. The molecule has 0 radical (unpaired) electrons. The van der Waals surface area contributed by atoms with E-state index in [4.69, 9.17) is 0 Å². The Hall–Kier alpha value is -2.30. The summed E-state index contributed by atoms with van der Waals surface area (Å²) in [7, 11) is 0. The van der Waals surface area contributed by atoms with Gasteiger partial charge in [-0.2, -0.15) is 4.68 Å². The zero-order valence-corrected chi connectivity index (χ0v) is 16.5. The van der Waals surface area contributed by atoms with Crippen LogP contribution in [0.15, 0.2) is 63.4 Å². The number of nitrogens with one attached hydrogen (secondary N) is 1. The average molecular weight is 446 g/mol. The molecule has 0 saturated heterocycles. The molecular weight excluding hydrogens is 434 g/mol. The maximum atomic E-state index is 4.22. The smallest absolute Gasteiger partial charge is 0.210 e. The largest absolute Gasteiger partial charge is 0.330 e. The third kappa shape index (κ3) is 4.09. The van der Waals surface area contributed by atoms with Crippen LogP contribution in [0.1, 0.15) is 5.82 Å². The van der Waals surface area contributed by atoms with E-state index >= 15 is 0 Å². The fourth-order valence-electron chi connectivity index (χ4n) is 2.20. The van der Waals surface area contributed by atoms with Crippen molar-refractivity contribution >= 4 is 49.8 Å². The number of para-hydroxylation sites is 1. The molecule has 0 bridgehead atoms. The van der Waals surface area contributed by atoms with Crippen LogP contribution < -0.4 is 5.32 Å².